The number of hydrogen-bond acceptors (Lipinski definition) is 2. The largest absolute Gasteiger partial charge is 0.495 e. The standard InChI is InChI=1S/C13H18ClNO/c1-8(9-3-4-9)13(15)10-5-6-12(16-2)11(14)7-10/h5-9,13H,3-4,15H2,1-2H3. The van der Waals surface area contributed by atoms with E-state index in [1.807, 2.05) is 18.2 Å². The van der Waals surface area contributed by atoms with Crippen molar-refractivity contribution in [3.63, 3.8) is 0 Å². The highest BCUT2D eigenvalue weighted by Crippen LogP contribution is 2.42. The fourth-order valence-corrected chi connectivity index (χ4v) is 2.37. The maximum absolute atomic E-state index is 6.24. The number of nitrogens with two attached hydrogens (primary N) is 1. The molecule has 1 aliphatic rings. The molecule has 1 aromatic rings. The average molecular weight is 240 g/mol. The Morgan fingerprint density at radius 1 is 1.44 bits per heavy atom. The maximum Gasteiger partial charge on any atom is 0.137 e. The summed E-state index contributed by atoms with van der Waals surface area (Å²) >= 11 is 6.09. The van der Waals surface area contributed by atoms with Crippen molar-refractivity contribution in [1.82, 2.24) is 0 Å². The summed E-state index contributed by atoms with van der Waals surface area (Å²) in [6.45, 7) is 2.22. The Kier molecular flexibility index (Phi) is 3.41. The predicted octanol–water partition coefficient (Wildman–Crippen LogP) is 3.39. The first kappa shape index (κ1) is 11.7. The highest BCUT2D eigenvalue weighted by Gasteiger charge is 2.32. The minimum Gasteiger partial charge on any atom is -0.495 e. The fraction of sp³-hybridized carbons (Fsp3) is 0.538. The normalized spacial score (nSPS) is 19.2. The number of methoxy groups -OCH3 is 1. The van der Waals surface area contributed by atoms with Crippen molar-refractivity contribution in [2.45, 2.75) is 25.8 Å². The van der Waals surface area contributed by atoms with Gasteiger partial charge in [0.05, 0.1) is 12.1 Å². The van der Waals surface area contributed by atoms with Gasteiger partial charge in [-0.1, -0.05) is 24.6 Å². The number of hydrogen-bond donors (Lipinski definition) is 1. The van der Waals surface area contributed by atoms with Crippen LogP contribution >= 0.6 is 11.6 Å². The van der Waals surface area contributed by atoms with Crippen molar-refractivity contribution in [3.05, 3.63) is 28.8 Å². The lowest BCUT2D eigenvalue weighted by Gasteiger charge is -2.20. The molecular formula is C13H18ClNO. The molecule has 0 radical (unpaired) electrons. The molecule has 2 unspecified atom stereocenters. The van der Waals surface area contributed by atoms with Crippen LogP contribution in [0.3, 0.4) is 0 Å². The van der Waals surface area contributed by atoms with Gasteiger partial charge in [-0.3, -0.25) is 0 Å². The first-order valence-electron chi connectivity index (χ1n) is 5.72. The predicted molar refractivity (Wildman–Crippen MR) is 66.8 cm³/mol. The van der Waals surface area contributed by atoms with Crippen molar-refractivity contribution in [3.8, 4) is 5.75 Å². The number of rotatable bonds is 4. The molecule has 2 rings (SSSR count). The van der Waals surface area contributed by atoms with Gasteiger partial charge in [-0.2, -0.15) is 0 Å². The van der Waals surface area contributed by atoms with Crippen LogP contribution in [0.1, 0.15) is 31.4 Å². The molecule has 1 aromatic carbocycles. The molecule has 0 heterocycles. The average Bonchev–Trinajstić information content (AvgIpc) is 3.11. The topological polar surface area (TPSA) is 35.2 Å². The Morgan fingerprint density at radius 2 is 2.12 bits per heavy atom. The van der Waals surface area contributed by atoms with Gasteiger partial charge in [0.25, 0.3) is 0 Å². The first-order chi connectivity index (χ1) is 7.63. The molecule has 2 nitrogen and oxygen atoms in total. The van der Waals surface area contributed by atoms with Gasteiger partial charge < -0.3 is 10.5 Å². The minimum absolute atomic E-state index is 0.0795. The SMILES string of the molecule is COc1ccc(C(N)C(C)C2CC2)cc1Cl. The van der Waals surface area contributed by atoms with Crippen LogP contribution in [-0.4, -0.2) is 7.11 Å². The Balaban J connectivity index is 2.16. The number of halogens is 1. The molecule has 1 saturated carbocycles. The molecule has 1 fully saturated rings. The lowest BCUT2D eigenvalue weighted by molar-refractivity contribution is 0.409. The fourth-order valence-electron chi connectivity index (χ4n) is 2.11. The molecule has 0 spiro atoms. The Labute approximate surface area is 102 Å². The molecule has 0 bridgehead atoms. The van der Waals surface area contributed by atoms with E-state index in [0.717, 1.165) is 11.5 Å². The number of benzene rings is 1. The smallest absolute Gasteiger partial charge is 0.137 e. The molecule has 0 saturated heterocycles. The van der Waals surface area contributed by atoms with Crippen LogP contribution in [0.25, 0.3) is 0 Å². The molecule has 2 atom stereocenters. The number of ether oxygens (including phenoxy) is 1. The molecule has 2 N–H and O–H groups in total. The monoisotopic (exact) mass is 239 g/mol. The van der Waals surface area contributed by atoms with Gasteiger partial charge in [-0.05, 0) is 42.4 Å². The lowest BCUT2D eigenvalue weighted by Crippen LogP contribution is -2.20. The second kappa shape index (κ2) is 4.64. The van der Waals surface area contributed by atoms with Gasteiger partial charge in [-0.15, -0.1) is 0 Å². The third kappa shape index (κ3) is 2.33. The molecule has 0 amide bonds. The summed E-state index contributed by atoms with van der Waals surface area (Å²) < 4.78 is 5.13. The summed E-state index contributed by atoms with van der Waals surface area (Å²) in [5, 5.41) is 0.637. The molecule has 16 heavy (non-hydrogen) atoms. The van der Waals surface area contributed by atoms with Gasteiger partial charge in [0.1, 0.15) is 5.75 Å². The van der Waals surface area contributed by atoms with Crippen molar-refractivity contribution < 1.29 is 4.74 Å². The molecule has 88 valence electrons. The van der Waals surface area contributed by atoms with E-state index in [4.69, 9.17) is 22.1 Å². The zero-order valence-corrected chi connectivity index (χ0v) is 10.5. The van der Waals surface area contributed by atoms with E-state index < -0.39 is 0 Å². The molecule has 3 heteroatoms. The third-order valence-corrected chi connectivity index (χ3v) is 3.79. The zero-order valence-electron chi connectivity index (χ0n) is 9.74. The second-order valence-corrected chi connectivity index (χ2v) is 5.02. The second-order valence-electron chi connectivity index (χ2n) is 4.62. The molecule has 0 aliphatic heterocycles. The Morgan fingerprint density at radius 3 is 2.62 bits per heavy atom. The van der Waals surface area contributed by atoms with Gasteiger partial charge in [0, 0.05) is 6.04 Å². The van der Waals surface area contributed by atoms with Gasteiger partial charge in [0.15, 0.2) is 0 Å². The first-order valence-corrected chi connectivity index (χ1v) is 6.10. The highest BCUT2D eigenvalue weighted by atomic mass is 35.5. The van der Waals surface area contributed by atoms with Crippen molar-refractivity contribution in [1.29, 1.82) is 0 Å². The van der Waals surface area contributed by atoms with Crippen LogP contribution in [-0.2, 0) is 0 Å². The van der Waals surface area contributed by atoms with Crippen LogP contribution in [0, 0.1) is 11.8 Å². The molecule has 0 aromatic heterocycles. The van der Waals surface area contributed by atoms with Gasteiger partial charge in [-0.25, -0.2) is 0 Å². The van der Waals surface area contributed by atoms with Gasteiger partial charge >= 0.3 is 0 Å². The van der Waals surface area contributed by atoms with E-state index >= 15 is 0 Å². The van der Waals surface area contributed by atoms with Crippen LogP contribution in [0.4, 0.5) is 0 Å². The van der Waals surface area contributed by atoms with Crippen LogP contribution in [0.5, 0.6) is 5.75 Å². The van der Waals surface area contributed by atoms with E-state index in [-0.39, 0.29) is 6.04 Å². The summed E-state index contributed by atoms with van der Waals surface area (Å²) in [6, 6.07) is 5.89. The summed E-state index contributed by atoms with van der Waals surface area (Å²) in [7, 11) is 1.62. The summed E-state index contributed by atoms with van der Waals surface area (Å²) in [6.07, 6.45) is 2.64. The van der Waals surface area contributed by atoms with Crippen molar-refractivity contribution >= 4 is 11.6 Å². The van der Waals surface area contributed by atoms with Crippen molar-refractivity contribution in [2.75, 3.05) is 7.11 Å². The van der Waals surface area contributed by atoms with Crippen LogP contribution in [0.15, 0.2) is 18.2 Å². The summed E-state index contributed by atoms with van der Waals surface area (Å²) in [5.74, 6) is 2.04. The Hall–Kier alpha value is -0.730. The third-order valence-electron chi connectivity index (χ3n) is 3.49. The van der Waals surface area contributed by atoms with E-state index in [0.29, 0.717) is 16.7 Å². The van der Waals surface area contributed by atoms with Crippen molar-refractivity contribution in [2.24, 2.45) is 17.6 Å². The van der Waals surface area contributed by atoms with E-state index in [2.05, 4.69) is 6.92 Å². The summed E-state index contributed by atoms with van der Waals surface area (Å²) in [5.41, 5.74) is 7.34. The van der Waals surface area contributed by atoms with E-state index in [1.54, 1.807) is 7.11 Å². The zero-order chi connectivity index (χ0) is 11.7. The highest BCUT2D eigenvalue weighted by molar-refractivity contribution is 6.32. The molecular weight excluding hydrogens is 222 g/mol. The van der Waals surface area contributed by atoms with E-state index in [1.165, 1.54) is 12.8 Å². The molecule has 1 aliphatic carbocycles. The van der Waals surface area contributed by atoms with Gasteiger partial charge in [0.2, 0.25) is 0 Å². The van der Waals surface area contributed by atoms with E-state index in [9.17, 15) is 0 Å². The van der Waals surface area contributed by atoms with Crippen LogP contribution < -0.4 is 10.5 Å². The minimum atomic E-state index is 0.0795. The lowest BCUT2D eigenvalue weighted by atomic mass is 9.91. The summed E-state index contributed by atoms with van der Waals surface area (Å²) in [4.78, 5) is 0. The Bertz CT molecular complexity index is 376. The van der Waals surface area contributed by atoms with Crippen LogP contribution in [0.2, 0.25) is 5.02 Å². The maximum atomic E-state index is 6.24. The quantitative estimate of drug-likeness (QED) is 0.874.